The zero-order valence-electron chi connectivity index (χ0n) is 12.3. The van der Waals surface area contributed by atoms with Gasteiger partial charge in [0.15, 0.2) is 11.5 Å². The molecule has 2 rings (SSSR count). The van der Waals surface area contributed by atoms with Crippen LogP contribution in [-0.2, 0) is 11.3 Å². The number of methoxy groups -OCH3 is 2. The minimum atomic E-state index is -0.915. The van der Waals surface area contributed by atoms with Gasteiger partial charge in [-0.2, -0.15) is 0 Å². The van der Waals surface area contributed by atoms with E-state index in [2.05, 4.69) is 4.98 Å². The second kappa shape index (κ2) is 6.01. The van der Waals surface area contributed by atoms with E-state index in [9.17, 15) is 9.90 Å². The average molecular weight is 293 g/mol. The van der Waals surface area contributed by atoms with Gasteiger partial charge in [0.1, 0.15) is 11.9 Å². The average Bonchev–Trinajstić information content (AvgIpc) is 2.83. The molecular formula is C14H19N3O4. The number of rotatable bonds is 6. The van der Waals surface area contributed by atoms with Gasteiger partial charge in [0, 0.05) is 12.1 Å². The summed E-state index contributed by atoms with van der Waals surface area (Å²) < 4.78 is 12.2. The van der Waals surface area contributed by atoms with Gasteiger partial charge in [-0.1, -0.05) is 6.92 Å². The number of nitrogens with two attached hydrogens (primary N) is 1. The van der Waals surface area contributed by atoms with Crippen molar-refractivity contribution in [3.05, 3.63) is 18.0 Å². The molecule has 0 bridgehead atoms. The van der Waals surface area contributed by atoms with Crippen LogP contribution in [0.2, 0.25) is 0 Å². The van der Waals surface area contributed by atoms with E-state index in [1.807, 2.05) is 6.92 Å². The first-order valence-corrected chi connectivity index (χ1v) is 6.63. The van der Waals surface area contributed by atoms with Crippen molar-refractivity contribution >= 4 is 17.0 Å². The predicted octanol–water partition coefficient (Wildman–Crippen LogP) is 1.55. The number of aliphatic carboxylic acids is 1. The zero-order valence-corrected chi connectivity index (χ0v) is 12.3. The predicted molar refractivity (Wildman–Crippen MR) is 77.7 cm³/mol. The molecule has 1 aromatic carbocycles. The Hall–Kier alpha value is -2.28. The highest BCUT2D eigenvalue weighted by molar-refractivity contribution is 5.83. The molecule has 7 nitrogen and oxygen atoms in total. The molecule has 7 heteroatoms. The number of aromatic nitrogens is 2. The van der Waals surface area contributed by atoms with E-state index in [4.69, 9.17) is 15.2 Å². The molecule has 114 valence electrons. The fourth-order valence-corrected chi connectivity index (χ4v) is 2.43. The summed E-state index contributed by atoms with van der Waals surface area (Å²) in [4.78, 5) is 15.9. The van der Waals surface area contributed by atoms with Crippen LogP contribution in [0.3, 0.4) is 0 Å². The molecule has 1 atom stereocenters. The lowest BCUT2D eigenvalue weighted by molar-refractivity contribution is -0.140. The molecule has 0 saturated heterocycles. The van der Waals surface area contributed by atoms with E-state index in [-0.39, 0.29) is 6.54 Å². The molecule has 1 aromatic heterocycles. The fraction of sp³-hybridized carbons (Fsp3) is 0.429. The molecule has 3 N–H and O–H groups in total. The summed E-state index contributed by atoms with van der Waals surface area (Å²) in [7, 11) is 3.07. The van der Waals surface area contributed by atoms with Crippen molar-refractivity contribution in [1.82, 2.24) is 9.55 Å². The third-order valence-corrected chi connectivity index (χ3v) is 3.43. The number of nitrogens with zero attached hydrogens (tertiary/aromatic N) is 2. The molecule has 0 amide bonds. The van der Waals surface area contributed by atoms with Crippen molar-refractivity contribution in [3.8, 4) is 11.5 Å². The van der Waals surface area contributed by atoms with Crippen LogP contribution in [0.1, 0.15) is 25.2 Å². The molecular weight excluding hydrogens is 274 g/mol. The first-order chi connectivity index (χ1) is 10.1. The number of ether oxygens (including phenoxy) is 2. The number of benzene rings is 1. The molecule has 0 radical (unpaired) electrons. The summed E-state index contributed by atoms with van der Waals surface area (Å²) in [6.45, 7) is 1.97. The number of carboxylic acid groups (broad SMARTS) is 1. The normalized spacial score (nSPS) is 12.4. The van der Waals surface area contributed by atoms with Crippen LogP contribution >= 0.6 is 0 Å². The Morgan fingerprint density at radius 3 is 2.48 bits per heavy atom. The molecule has 0 aliphatic rings. The lowest BCUT2D eigenvalue weighted by atomic mass is 10.2. The standard InChI is InChI=1S/C14H19N3O4/c1-4-9(14(18)19)17-10-6-12(21-3)11(20-2)5-8(10)16-13(17)7-15/h5-6,9H,4,7,15H2,1-3H3,(H,18,19). The van der Waals surface area contributed by atoms with Crippen molar-refractivity contribution in [3.63, 3.8) is 0 Å². The lowest BCUT2D eigenvalue weighted by Gasteiger charge is -2.16. The third kappa shape index (κ3) is 2.52. The van der Waals surface area contributed by atoms with Gasteiger partial charge in [-0.05, 0) is 6.42 Å². The maximum atomic E-state index is 11.5. The summed E-state index contributed by atoms with van der Waals surface area (Å²) in [5.41, 5.74) is 7.01. The van der Waals surface area contributed by atoms with Crippen LogP contribution in [0, 0.1) is 0 Å². The highest BCUT2D eigenvalue weighted by Gasteiger charge is 2.24. The maximum absolute atomic E-state index is 11.5. The van der Waals surface area contributed by atoms with Crippen LogP contribution in [0.15, 0.2) is 12.1 Å². The summed E-state index contributed by atoms with van der Waals surface area (Å²) in [5.74, 6) is 0.674. The number of carbonyl (C=O) groups is 1. The van der Waals surface area contributed by atoms with Crippen LogP contribution in [-0.4, -0.2) is 34.8 Å². The SMILES string of the molecule is CCC(C(=O)O)n1c(CN)nc2cc(OC)c(OC)cc21. The summed E-state index contributed by atoms with van der Waals surface area (Å²) in [5, 5.41) is 9.41. The number of hydrogen-bond acceptors (Lipinski definition) is 5. The van der Waals surface area contributed by atoms with Gasteiger partial charge in [-0.25, -0.2) is 9.78 Å². The Balaban J connectivity index is 2.75. The smallest absolute Gasteiger partial charge is 0.326 e. The highest BCUT2D eigenvalue weighted by atomic mass is 16.5. The molecule has 21 heavy (non-hydrogen) atoms. The Morgan fingerprint density at radius 1 is 1.38 bits per heavy atom. The van der Waals surface area contributed by atoms with Crippen molar-refractivity contribution in [1.29, 1.82) is 0 Å². The van der Waals surface area contributed by atoms with E-state index in [0.717, 1.165) is 0 Å². The summed E-state index contributed by atoms with van der Waals surface area (Å²) in [6, 6.07) is 2.73. The first kappa shape index (κ1) is 15.1. The Bertz CT molecular complexity index is 666. The lowest BCUT2D eigenvalue weighted by Crippen LogP contribution is -2.21. The molecule has 1 heterocycles. The van der Waals surface area contributed by atoms with Crippen LogP contribution in [0.5, 0.6) is 11.5 Å². The largest absolute Gasteiger partial charge is 0.493 e. The second-order valence-electron chi connectivity index (χ2n) is 4.56. The first-order valence-electron chi connectivity index (χ1n) is 6.63. The van der Waals surface area contributed by atoms with Crippen molar-refractivity contribution < 1.29 is 19.4 Å². The van der Waals surface area contributed by atoms with E-state index in [1.54, 1.807) is 16.7 Å². The molecule has 0 spiro atoms. The number of fused-ring (bicyclic) bond motifs is 1. The highest BCUT2D eigenvalue weighted by Crippen LogP contribution is 2.34. The topological polar surface area (TPSA) is 99.6 Å². The van der Waals surface area contributed by atoms with Crippen LogP contribution in [0.4, 0.5) is 0 Å². The van der Waals surface area contributed by atoms with Gasteiger partial charge in [0.25, 0.3) is 0 Å². The zero-order chi connectivity index (χ0) is 15.6. The van der Waals surface area contributed by atoms with Gasteiger partial charge >= 0.3 is 5.97 Å². The molecule has 0 aliphatic heterocycles. The Morgan fingerprint density at radius 2 is 2.00 bits per heavy atom. The van der Waals surface area contributed by atoms with E-state index >= 15 is 0 Å². The fourth-order valence-electron chi connectivity index (χ4n) is 2.43. The molecule has 0 aliphatic carbocycles. The van der Waals surface area contributed by atoms with E-state index in [0.29, 0.717) is 34.8 Å². The third-order valence-electron chi connectivity index (χ3n) is 3.43. The van der Waals surface area contributed by atoms with E-state index in [1.165, 1.54) is 14.2 Å². The minimum absolute atomic E-state index is 0.156. The van der Waals surface area contributed by atoms with Crippen LogP contribution in [0.25, 0.3) is 11.0 Å². The number of imidazole rings is 1. The van der Waals surface area contributed by atoms with Gasteiger partial charge in [0.2, 0.25) is 0 Å². The minimum Gasteiger partial charge on any atom is -0.493 e. The van der Waals surface area contributed by atoms with Gasteiger partial charge in [-0.3, -0.25) is 0 Å². The van der Waals surface area contributed by atoms with Crippen molar-refractivity contribution in [2.45, 2.75) is 25.9 Å². The Kier molecular flexibility index (Phi) is 4.32. The molecule has 1 unspecified atom stereocenters. The van der Waals surface area contributed by atoms with Crippen molar-refractivity contribution in [2.24, 2.45) is 5.73 Å². The molecule has 2 aromatic rings. The summed E-state index contributed by atoms with van der Waals surface area (Å²) >= 11 is 0. The van der Waals surface area contributed by atoms with Crippen molar-refractivity contribution in [2.75, 3.05) is 14.2 Å². The summed E-state index contributed by atoms with van der Waals surface area (Å²) in [6.07, 6.45) is 0.433. The Labute approximate surface area is 122 Å². The number of carboxylic acids is 1. The number of hydrogen-bond donors (Lipinski definition) is 2. The van der Waals surface area contributed by atoms with Gasteiger partial charge in [-0.15, -0.1) is 0 Å². The quantitative estimate of drug-likeness (QED) is 0.838. The molecule has 0 saturated carbocycles. The van der Waals surface area contributed by atoms with Gasteiger partial charge in [0.05, 0.1) is 31.8 Å². The molecule has 0 fully saturated rings. The van der Waals surface area contributed by atoms with E-state index < -0.39 is 12.0 Å². The second-order valence-corrected chi connectivity index (χ2v) is 4.56. The maximum Gasteiger partial charge on any atom is 0.326 e. The monoisotopic (exact) mass is 293 g/mol. The van der Waals surface area contributed by atoms with Gasteiger partial charge < -0.3 is 24.9 Å². The van der Waals surface area contributed by atoms with Crippen LogP contribution < -0.4 is 15.2 Å².